The second kappa shape index (κ2) is 8.56. The molecule has 1 saturated heterocycles. The molecule has 0 atom stereocenters. The number of halogens is 1. The zero-order valence-corrected chi connectivity index (χ0v) is 13.7. The largest absolute Gasteiger partial charge is 0.378 e. The first-order valence-electron chi connectivity index (χ1n) is 7.48. The molecule has 3 rings (SSSR count). The number of aromatic nitrogens is 2. The highest BCUT2D eigenvalue weighted by Crippen LogP contribution is 2.21. The Kier molecular flexibility index (Phi) is 6.43. The van der Waals surface area contributed by atoms with Crippen LogP contribution in [0.5, 0.6) is 0 Å². The smallest absolute Gasteiger partial charge is 0.135 e. The maximum Gasteiger partial charge on any atom is 0.135 e. The van der Waals surface area contributed by atoms with Crippen molar-refractivity contribution < 1.29 is 4.74 Å². The van der Waals surface area contributed by atoms with Crippen LogP contribution in [0.3, 0.4) is 0 Å². The maximum absolute atomic E-state index is 5.83. The van der Waals surface area contributed by atoms with Crippen molar-refractivity contribution in [3.8, 4) is 0 Å². The molecule has 1 aromatic heterocycles. The number of hydrogen-bond acceptors (Lipinski definition) is 5. The summed E-state index contributed by atoms with van der Waals surface area (Å²) in [6.07, 6.45) is 1.44. The van der Waals surface area contributed by atoms with E-state index < -0.39 is 0 Å². The first kappa shape index (κ1) is 16.5. The lowest BCUT2D eigenvalue weighted by Gasteiger charge is -2.28. The number of nitrogens with zero attached hydrogens (tertiary/aromatic N) is 3. The van der Waals surface area contributed by atoms with Gasteiger partial charge in [0.05, 0.1) is 13.2 Å². The van der Waals surface area contributed by atoms with E-state index in [1.165, 1.54) is 12.0 Å². The van der Waals surface area contributed by atoms with Crippen LogP contribution in [-0.4, -0.2) is 36.3 Å². The highest BCUT2D eigenvalue weighted by molar-refractivity contribution is 6.29. The molecule has 2 aromatic rings. The van der Waals surface area contributed by atoms with E-state index in [1.807, 2.05) is 26.0 Å². The van der Waals surface area contributed by atoms with Crippen molar-refractivity contribution >= 4 is 28.8 Å². The van der Waals surface area contributed by atoms with Crippen LogP contribution in [0.15, 0.2) is 36.7 Å². The number of rotatable bonds is 3. The van der Waals surface area contributed by atoms with E-state index in [0.29, 0.717) is 11.0 Å². The molecule has 1 aliphatic heterocycles. The molecule has 0 unspecified atom stereocenters. The van der Waals surface area contributed by atoms with Crippen molar-refractivity contribution in [1.29, 1.82) is 0 Å². The number of benzene rings is 1. The van der Waals surface area contributed by atoms with E-state index in [2.05, 4.69) is 32.3 Å². The van der Waals surface area contributed by atoms with Crippen molar-refractivity contribution in [2.75, 3.05) is 36.5 Å². The maximum atomic E-state index is 5.83. The second-order valence-corrected chi connectivity index (χ2v) is 4.88. The first-order chi connectivity index (χ1) is 10.8. The quantitative estimate of drug-likeness (QED) is 0.873. The molecular formula is C16H21ClN4O. The van der Waals surface area contributed by atoms with Gasteiger partial charge < -0.3 is 15.0 Å². The van der Waals surface area contributed by atoms with Gasteiger partial charge in [0.1, 0.15) is 17.3 Å². The van der Waals surface area contributed by atoms with E-state index in [-0.39, 0.29) is 0 Å². The van der Waals surface area contributed by atoms with E-state index in [1.54, 1.807) is 6.07 Å². The summed E-state index contributed by atoms with van der Waals surface area (Å²) in [6.45, 7) is 7.46. The number of anilines is 3. The summed E-state index contributed by atoms with van der Waals surface area (Å²) in [5, 5.41) is 3.62. The molecule has 2 heterocycles. The molecule has 0 amide bonds. The van der Waals surface area contributed by atoms with Crippen LogP contribution in [0.25, 0.3) is 0 Å². The van der Waals surface area contributed by atoms with Crippen LogP contribution >= 0.6 is 11.6 Å². The topological polar surface area (TPSA) is 50.3 Å². The summed E-state index contributed by atoms with van der Waals surface area (Å²) in [7, 11) is 0. The fraction of sp³-hybridized carbons (Fsp3) is 0.375. The molecule has 0 saturated carbocycles. The van der Waals surface area contributed by atoms with E-state index >= 15 is 0 Å². The molecule has 1 aromatic carbocycles. The van der Waals surface area contributed by atoms with Crippen LogP contribution in [0.1, 0.15) is 13.8 Å². The Bertz CT molecular complexity index is 571. The SMILES string of the molecule is CC.Clc1cc(Nc2ccc(N3CCOCC3)cc2)ncn1. The van der Waals surface area contributed by atoms with E-state index in [0.717, 1.165) is 32.0 Å². The van der Waals surface area contributed by atoms with Gasteiger partial charge in [0.25, 0.3) is 0 Å². The predicted molar refractivity (Wildman–Crippen MR) is 91.1 cm³/mol. The van der Waals surface area contributed by atoms with Crippen LogP contribution in [-0.2, 0) is 4.74 Å². The number of hydrogen-bond donors (Lipinski definition) is 1. The van der Waals surface area contributed by atoms with Crippen molar-refractivity contribution in [1.82, 2.24) is 9.97 Å². The molecule has 1 fully saturated rings. The van der Waals surface area contributed by atoms with Gasteiger partial charge in [0, 0.05) is 30.5 Å². The lowest BCUT2D eigenvalue weighted by molar-refractivity contribution is 0.122. The summed E-state index contributed by atoms with van der Waals surface area (Å²) in [5.74, 6) is 0.684. The minimum atomic E-state index is 0.424. The van der Waals surface area contributed by atoms with Gasteiger partial charge in [0.15, 0.2) is 0 Å². The lowest BCUT2D eigenvalue weighted by atomic mass is 10.2. The molecule has 118 valence electrons. The van der Waals surface area contributed by atoms with Gasteiger partial charge >= 0.3 is 0 Å². The van der Waals surface area contributed by atoms with Gasteiger partial charge in [-0.2, -0.15) is 0 Å². The van der Waals surface area contributed by atoms with Gasteiger partial charge in [-0.3, -0.25) is 0 Å². The Labute approximate surface area is 136 Å². The predicted octanol–water partition coefficient (Wildman–Crippen LogP) is 3.74. The molecule has 6 heteroatoms. The summed E-state index contributed by atoms with van der Waals surface area (Å²) in [4.78, 5) is 10.3. The Morgan fingerprint density at radius 1 is 1.09 bits per heavy atom. The Balaban J connectivity index is 0.000000847. The number of nitrogens with one attached hydrogen (secondary N) is 1. The molecule has 22 heavy (non-hydrogen) atoms. The van der Waals surface area contributed by atoms with Crippen molar-refractivity contribution in [3.05, 3.63) is 41.8 Å². The fourth-order valence-electron chi connectivity index (χ4n) is 2.13. The highest BCUT2D eigenvalue weighted by Gasteiger charge is 2.10. The summed E-state index contributed by atoms with van der Waals surface area (Å²) >= 11 is 5.83. The normalized spacial score (nSPS) is 14.0. The third-order valence-electron chi connectivity index (χ3n) is 3.15. The minimum Gasteiger partial charge on any atom is -0.378 e. The third-order valence-corrected chi connectivity index (χ3v) is 3.36. The molecule has 0 bridgehead atoms. The molecular weight excluding hydrogens is 300 g/mol. The number of morpholine rings is 1. The van der Waals surface area contributed by atoms with E-state index in [9.17, 15) is 0 Å². The van der Waals surface area contributed by atoms with Gasteiger partial charge in [-0.1, -0.05) is 25.4 Å². The summed E-state index contributed by atoms with van der Waals surface area (Å²) in [6, 6.07) is 9.94. The monoisotopic (exact) mass is 320 g/mol. The summed E-state index contributed by atoms with van der Waals surface area (Å²) in [5.41, 5.74) is 2.18. The van der Waals surface area contributed by atoms with Gasteiger partial charge in [-0.25, -0.2) is 9.97 Å². The van der Waals surface area contributed by atoms with Gasteiger partial charge in [-0.05, 0) is 24.3 Å². The lowest BCUT2D eigenvalue weighted by Crippen LogP contribution is -2.36. The highest BCUT2D eigenvalue weighted by atomic mass is 35.5. The molecule has 5 nitrogen and oxygen atoms in total. The summed E-state index contributed by atoms with van der Waals surface area (Å²) < 4.78 is 5.35. The van der Waals surface area contributed by atoms with E-state index in [4.69, 9.17) is 16.3 Å². The van der Waals surface area contributed by atoms with Crippen molar-refractivity contribution in [2.45, 2.75) is 13.8 Å². The Hall–Kier alpha value is -1.85. The standard InChI is InChI=1S/C14H15ClN4O.C2H6/c15-13-9-14(17-10-16-13)18-11-1-3-12(4-2-11)19-5-7-20-8-6-19;1-2/h1-4,9-10H,5-8H2,(H,16,17,18);1-2H3. The molecule has 0 spiro atoms. The zero-order chi connectivity index (χ0) is 15.8. The van der Waals surface area contributed by atoms with Crippen LogP contribution in [0, 0.1) is 0 Å². The average Bonchev–Trinajstić information content (AvgIpc) is 2.58. The first-order valence-corrected chi connectivity index (χ1v) is 7.86. The zero-order valence-electron chi connectivity index (χ0n) is 12.9. The fourth-order valence-corrected chi connectivity index (χ4v) is 2.27. The second-order valence-electron chi connectivity index (χ2n) is 4.50. The molecule has 1 N–H and O–H groups in total. The van der Waals surface area contributed by atoms with Crippen LogP contribution in [0.4, 0.5) is 17.2 Å². The van der Waals surface area contributed by atoms with Gasteiger partial charge in [0.2, 0.25) is 0 Å². The Morgan fingerprint density at radius 2 is 1.77 bits per heavy atom. The van der Waals surface area contributed by atoms with Crippen molar-refractivity contribution in [2.24, 2.45) is 0 Å². The third kappa shape index (κ3) is 4.58. The van der Waals surface area contributed by atoms with Crippen LogP contribution in [0.2, 0.25) is 5.15 Å². The number of ether oxygens (including phenoxy) is 1. The Morgan fingerprint density at radius 3 is 2.41 bits per heavy atom. The van der Waals surface area contributed by atoms with Crippen LogP contribution < -0.4 is 10.2 Å². The average molecular weight is 321 g/mol. The molecule has 1 aliphatic rings. The molecule has 0 aliphatic carbocycles. The molecule has 0 radical (unpaired) electrons. The minimum absolute atomic E-state index is 0.424. The van der Waals surface area contributed by atoms with Crippen molar-refractivity contribution in [3.63, 3.8) is 0 Å². The van der Waals surface area contributed by atoms with Gasteiger partial charge in [-0.15, -0.1) is 0 Å².